The Morgan fingerprint density at radius 1 is 1.50 bits per heavy atom. The van der Waals surface area contributed by atoms with Crippen molar-refractivity contribution in [2.24, 2.45) is 0 Å². The van der Waals surface area contributed by atoms with Crippen LogP contribution >= 0.6 is 34.5 Å². The molecule has 0 unspecified atom stereocenters. The van der Waals surface area contributed by atoms with Crippen LogP contribution in [0.2, 0.25) is 10.3 Å². The molecule has 0 saturated heterocycles. The molecule has 0 aliphatic carbocycles. The number of ether oxygens (including phenoxy) is 1. The molecule has 0 fully saturated rings. The second-order valence-electron chi connectivity index (χ2n) is 3.12. The summed E-state index contributed by atoms with van der Waals surface area (Å²) in [6, 6.07) is 1.65. The molecule has 8 heteroatoms. The maximum Gasteiger partial charge on any atom is 0.340 e. The van der Waals surface area contributed by atoms with Crippen molar-refractivity contribution < 1.29 is 9.53 Å². The van der Waals surface area contributed by atoms with E-state index in [1.165, 1.54) is 24.6 Å². The number of esters is 1. The van der Waals surface area contributed by atoms with Gasteiger partial charge in [0.15, 0.2) is 5.82 Å². The fraction of sp³-hybridized carbons (Fsp3) is 0.100. The van der Waals surface area contributed by atoms with Crippen molar-refractivity contribution in [1.82, 2.24) is 9.97 Å². The number of anilines is 2. The lowest BCUT2D eigenvalue weighted by atomic mass is 10.3. The fourth-order valence-corrected chi connectivity index (χ4v) is 2.26. The normalized spacial score (nSPS) is 10.2. The van der Waals surface area contributed by atoms with Crippen LogP contribution in [0.4, 0.5) is 10.8 Å². The highest BCUT2D eigenvalue weighted by molar-refractivity contribution is 7.14. The zero-order chi connectivity index (χ0) is 13.1. The summed E-state index contributed by atoms with van der Waals surface area (Å²) in [5.41, 5.74) is 0.410. The van der Waals surface area contributed by atoms with Gasteiger partial charge in [-0.2, -0.15) is 4.98 Å². The standard InChI is InChI=1S/C10H7Cl2N3O2S/c1-17-9(16)5-2-3-18-8(5)14-7-6(11)4-13-10(12)15-7/h2-4H,1H3,(H,13,14,15). The Bertz CT molecular complexity index is 588. The Morgan fingerprint density at radius 2 is 2.28 bits per heavy atom. The first-order chi connectivity index (χ1) is 8.61. The molecule has 94 valence electrons. The van der Waals surface area contributed by atoms with Gasteiger partial charge in [0.1, 0.15) is 10.0 Å². The number of rotatable bonds is 3. The molecule has 2 aromatic heterocycles. The lowest BCUT2D eigenvalue weighted by molar-refractivity contribution is 0.0602. The van der Waals surface area contributed by atoms with Crippen LogP contribution in [-0.4, -0.2) is 23.0 Å². The van der Waals surface area contributed by atoms with Crippen molar-refractivity contribution in [2.75, 3.05) is 12.4 Å². The first-order valence-corrected chi connectivity index (χ1v) is 6.36. The quantitative estimate of drug-likeness (QED) is 0.695. The molecule has 5 nitrogen and oxygen atoms in total. The molecular formula is C10H7Cl2N3O2S. The summed E-state index contributed by atoms with van der Waals surface area (Å²) >= 11 is 12.9. The number of carbonyl (C=O) groups is 1. The van der Waals surface area contributed by atoms with Crippen LogP contribution in [0.3, 0.4) is 0 Å². The Morgan fingerprint density at radius 3 is 3.00 bits per heavy atom. The third-order valence-corrected chi connectivity index (χ3v) is 3.31. The van der Waals surface area contributed by atoms with Crippen molar-refractivity contribution in [3.63, 3.8) is 0 Å². The summed E-state index contributed by atoms with van der Waals surface area (Å²) in [5, 5.41) is 5.64. The lowest BCUT2D eigenvalue weighted by Gasteiger charge is -2.06. The van der Waals surface area contributed by atoms with E-state index in [4.69, 9.17) is 23.2 Å². The third-order valence-electron chi connectivity index (χ3n) is 2.02. The van der Waals surface area contributed by atoms with Gasteiger partial charge in [-0.1, -0.05) is 11.6 Å². The molecule has 2 heterocycles. The van der Waals surface area contributed by atoms with Crippen molar-refractivity contribution in [3.05, 3.63) is 33.5 Å². The van der Waals surface area contributed by atoms with E-state index in [9.17, 15) is 4.79 Å². The third kappa shape index (κ3) is 2.72. The summed E-state index contributed by atoms with van der Waals surface area (Å²) in [6.45, 7) is 0. The minimum atomic E-state index is -0.435. The molecule has 0 aromatic carbocycles. The molecule has 0 bridgehead atoms. The van der Waals surface area contributed by atoms with Gasteiger partial charge in [0.05, 0.1) is 18.9 Å². The van der Waals surface area contributed by atoms with Gasteiger partial charge in [-0.3, -0.25) is 0 Å². The van der Waals surface area contributed by atoms with Crippen LogP contribution < -0.4 is 5.32 Å². The van der Waals surface area contributed by atoms with Gasteiger partial charge >= 0.3 is 5.97 Å². The molecular weight excluding hydrogens is 297 g/mol. The highest BCUT2D eigenvalue weighted by Crippen LogP contribution is 2.30. The molecule has 0 saturated carbocycles. The zero-order valence-electron chi connectivity index (χ0n) is 9.11. The zero-order valence-corrected chi connectivity index (χ0v) is 11.4. The Kier molecular flexibility index (Phi) is 4.00. The summed E-state index contributed by atoms with van der Waals surface area (Å²) in [6.07, 6.45) is 1.38. The average molecular weight is 304 g/mol. The number of aromatic nitrogens is 2. The summed E-state index contributed by atoms with van der Waals surface area (Å²) in [4.78, 5) is 19.2. The minimum absolute atomic E-state index is 0.0677. The van der Waals surface area contributed by atoms with E-state index in [2.05, 4.69) is 20.0 Å². The molecule has 2 aromatic rings. The fourth-order valence-electron chi connectivity index (χ4n) is 1.22. The number of nitrogens with one attached hydrogen (secondary N) is 1. The average Bonchev–Trinajstić information content (AvgIpc) is 2.81. The van der Waals surface area contributed by atoms with E-state index >= 15 is 0 Å². The lowest BCUT2D eigenvalue weighted by Crippen LogP contribution is -2.03. The Labute approximate surface area is 117 Å². The predicted octanol–water partition coefficient (Wildman–Crippen LogP) is 3.38. The highest BCUT2D eigenvalue weighted by atomic mass is 35.5. The molecule has 0 spiro atoms. The maximum absolute atomic E-state index is 11.5. The van der Waals surface area contributed by atoms with Crippen LogP contribution in [0, 0.1) is 0 Å². The van der Waals surface area contributed by atoms with Crippen LogP contribution in [0.1, 0.15) is 10.4 Å². The highest BCUT2D eigenvalue weighted by Gasteiger charge is 2.15. The molecule has 0 radical (unpaired) electrons. The second-order valence-corrected chi connectivity index (χ2v) is 4.78. The van der Waals surface area contributed by atoms with Crippen molar-refractivity contribution in [2.45, 2.75) is 0 Å². The number of halogens is 2. The SMILES string of the molecule is COC(=O)c1ccsc1Nc1nc(Cl)ncc1Cl. The van der Waals surface area contributed by atoms with Crippen LogP contribution in [0.5, 0.6) is 0 Å². The first kappa shape index (κ1) is 13.1. The Hall–Kier alpha value is -1.37. The molecule has 0 atom stereocenters. The number of methoxy groups -OCH3 is 1. The largest absolute Gasteiger partial charge is 0.465 e. The molecule has 0 aliphatic rings. The Balaban J connectivity index is 2.32. The van der Waals surface area contributed by atoms with Gasteiger partial charge in [-0.05, 0) is 23.0 Å². The van der Waals surface area contributed by atoms with Crippen LogP contribution in [0.15, 0.2) is 17.6 Å². The van der Waals surface area contributed by atoms with E-state index in [1.807, 2.05) is 0 Å². The molecule has 1 N–H and O–H groups in total. The first-order valence-electron chi connectivity index (χ1n) is 4.72. The molecule has 18 heavy (non-hydrogen) atoms. The summed E-state index contributed by atoms with van der Waals surface area (Å²) < 4.78 is 4.66. The van der Waals surface area contributed by atoms with E-state index in [1.54, 1.807) is 11.4 Å². The van der Waals surface area contributed by atoms with Gasteiger partial charge in [0.2, 0.25) is 5.28 Å². The van der Waals surface area contributed by atoms with Gasteiger partial charge in [-0.15, -0.1) is 11.3 Å². The summed E-state index contributed by atoms with van der Waals surface area (Å²) in [7, 11) is 1.32. The van der Waals surface area contributed by atoms with Gasteiger partial charge in [0, 0.05) is 0 Å². The smallest absolute Gasteiger partial charge is 0.340 e. The topological polar surface area (TPSA) is 64.1 Å². The summed E-state index contributed by atoms with van der Waals surface area (Å²) in [5.74, 6) is -0.0979. The van der Waals surface area contributed by atoms with E-state index in [0.717, 1.165) is 0 Å². The van der Waals surface area contributed by atoms with Gasteiger partial charge in [0.25, 0.3) is 0 Å². The number of hydrogen-bond acceptors (Lipinski definition) is 6. The predicted molar refractivity (Wildman–Crippen MR) is 71.0 cm³/mol. The van der Waals surface area contributed by atoms with Crippen molar-refractivity contribution in [3.8, 4) is 0 Å². The van der Waals surface area contributed by atoms with Crippen molar-refractivity contribution >= 4 is 51.3 Å². The number of thiophene rings is 1. The molecule has 0 amide bonds. The monoisotopic (exact) mass is 303 g/mol. The molecule has 0 aliphatic heterocycles. The number of carbonyl (C=O) groups excluding carboxylic acids is 1. The minimum Gasteiger partial charge on any atom is -0.465 e. The maximum atomic E-state index is 11.5. The number of hydrogen-bond donors (Lipinski definition) is 1. The van der Waals surface area contributed by atoms with E-state index in [-0.39, 0.29) is 5.28 Å². The number of nitrogens with zero attached hydrogens (tertiary/aromatic N) is 2. The van der Waals surface area contributed by atoms with E-state index in [0.29, 0.717) is 21.4 Å². The van der Waals surface area contributed by atoms with Crippen LogP contribution in [0.25, 0.3) is 0 Å². The second kappa shape index (κ2) is 5.51. The van der Waals surface area contributed by atoms with E-state index < -0.39 is 5.97 Å². The van der Waals surface area contributed by atoms with Crippen LogP contribution in [-0.2, 0) is 4.74 Å². The van der Waals surface area contributed by atoms with Crippen molar-refractivity contribution in [1.29, 1.82) is 0 Å². The van der Waals surface area contributed by atoms with Gasteiger partial charge < -0.3 is 10.1 Å². The van der Waals surface area contributed by atoms with Gasteiger partial charge in [-0.25, -0.2) is 9.78 Å². The molecule has 2 rings (SSSR count).